The molecule has 0 radical (unpaired) electrons. The lowest BCUT2D eigenvalue weighted by Crippen LogP contribution is -1.96. The van der Waals surface area contributed by atoms with Gasteiger partial charge in [0, 0.05) is 29.8 Å². The SMILES string of the molecule is Cc1[nH]c2c(-c3cc(N)n(C)n3)cccc2c1C. The molecule has 0 aliphatic rings. The first kappa shape index (κ1) is 10.9. The van der Waals surface area contributed by atoms with Crippen LogP contribution in [0, 0.1) is 13.8 Å². The van der Waals surface area contributed by atoms with Crippen molar-refractivity contribution in [1.29, 1.82) is 0 Å². The molecule has 2 heterocycles. The summed E-state index contributed by atoms with van der Waals surface area (Å²) in [6.07, 6.45) is 0. The maximum atomic E-state index is 5.85. The van der Waals surface area contributed by atoms with Crippen LogP contribution in [0.4, 0.5) is 5.82 Å². The number of fused-ring (bicyclic) bond motifs is 1. The Labute approximate surface area is 105 Å². The Morgan fingerprint density at radius 1 is 1.28 bits per heavy atom. The van der Waals surface area contributed by atoms with Crippen molar-refractivity contribution < 1.29 is 0 Å². The van der Waals surface area contributed by atoms with Gasteiger partial charge in [-0.15, -0.1) is 0 Å². The summed E-state index contributed by atoms with van der Waals surface area (Å²) in [5.74, 6) is 0.669. The number of H-pyrrole nitrogens is 1. The Balaban J connectivity index is 2.32. The Hall–Kier alpha value is -2.23. The summed E-state index contributed by atoms with van der Waals surface area (Å²) >= 11 is 0. The van der Waals surface area contributed by atoms with Gasteiger partial charge in [0.2, 0.25) is 0 Å². The second kappa shape index (κ2) is 3.63. The first-order valence-electron chi connectivity index (χ1n) is 5.95. The highest BCUT2D eigenvalue weighted by molar-refractivity contribution is 5.96. The number of rotatable bonds is 1. The Morgan fingerprint density at radius 3 is 2.72 bits per heavy atom. The molecule has 3 rings (SSSR count). The van der Waals surface area contributed by atoms with E-state index in [0.29, 0.717) is 5.82 Å². The standard InChI is InChI=1S/C14H16N4/c1-8-9(2)16-14-10(8)5-4-6-11(14)12-7-13(15)18(3)17-12/h4-7,16H,15H2,1-3H3. The highest BCUT2D eigenvalue weighted by Crippen LogP contribution is 2.30. The zero-order chi connectivity index (χ0) is 12.9. The van der Waals surface area contributed by atoms with Crippen molar-refractivity contribution in [2.45, 2.75) is 13.8 Å². The van der Waals surface area contributed by atoms with E-state index in [1.807, 2.05) is 13.1 Å². The molecule has 1 aromatic carbocycles. The zero-order valence-electron chi connectivity index (χ0n) is 10.8. The first-order chi connectivity index (χ1) is 8.58. The van der Waals surface area contributed by atoms with Gasteiger partial charge in [0.15, 0.2) is 0 Å². The first-order valence-corrected chi connectivity index (χ1v) is 5.95. The third-order valence-electron chi connectivity index (χ3n) is 3.54. The average molecular weight is 240 g/mol. The number of nitrogens with zero attached hydrogens (tertiary/aromatic N) is 2. The van der Waals surface area contributed by atoms with Crippen molar-refractivity contribution in [3.8, 4) is 11.3 Å². The molecule has 4 heteroatoms. The van der Waals surface area contributed by atoms with Gasteiger partial charge in [-0.2, -0.15) is 5.10 Å². The fourth-order valence-corrected chi connectivity index (χ4v) is 2.31. The number of nitrogen functional groups attached to an aromatic ring is 1. The van der Waals surface area contributed by atoms with Crippen molar-refractivity contribution in [2.75, 3.05) is 5.73 Å². The fourth-order valence-electron chi connectivity index (χ4n) is 2.31. The molecule has 0 bridgehead atoms. The summed E-state index contributed by atoms with van der Waals surface area (Å²) in [6, 6.07) is 8.16. The molecule has 3 aromatic rings. The Kier molecular flexibility index (Phi) is 2.20. The minimum atomic E-state index is 0.669. The van der Waals surface area contributed by atoms with Gasteiger partial charge in [-0.1, -0.05) is 18.2 Å². The normalized spacial score (nSPS) is 11.3. The van der Waals surface area contributed by atoms with E-state index in [-0.39, 0.29) is 0 Å². The number of para-hydroxylation sites is 1. The van der Waals surface area contributed by atoms with Gasteiger partial charge in [-0.05, 0) is 19.4 Å². The van der Waals surface area contributed by atoms with E-state index in [4.69, 9.17) is 5.73 Å². The molecule has 3 N–H and O–H groups in total. The topological polar surface area (TPSA) is 59.6 Å². The van der Waals surface area contributed by atoms with Crippen LogP contribution < -0.4 is 5.73 Å². The Morgan fingerprint density at radius 2 is 2.06 bits per heavy atom. The van der Waals surface area contributed by atoms with Gasteiger partial charge in [-0.25, -0.2) is 0 Å². The van der Waals surface area contributed by atoms with Crippen molar-refractivity contribution >= 4 is 16.7 Å². The number of aromatic amines is 1. The van der Waals surface area contributed by atoms with Gasteiger partial charge < -0.3 is 10.7 Å². The van der Waals surface area contributed by atoms with E-state index >= 15 is 0 Å². The summed E-state index contributed by atoms with van der Waals surface area (Å²) in [4.78, 5) is 3.43. The van der Waals surface area contributed by atoms with Crippen LogP contribution in [0.3, 0.4) is 0 Å². The summed E-state index contributed by atoms with van der Waals surface area (Å²) in [5, 5.41) is 5.69. The van der Waals surface area contributed by atoms with Gasteiger partial charge in [-0.3, -0.25) is 4.68 Å². The third kappa shape index (κ3) is 1.42. The number of nitrogens with one attached hydrogen (secondary N) is 1. The number of anilines is 1. The predicted octanol–water partition coefficient (Wildman–Crippen LogP) is 2.77. The molecule has 0 aliphatic heterocycles. The molecule has 2 aromatic heterocycles. The Bertz CT molecular complexity index is 714. The molecule has 0 saturated heterocycles. The van der Waals surface area contributed by atoms with Crippen LogP contribution in [0.25, 0.3) is 22.2 Å². The van der Waals surface area contributed by atoms with Crippen LogP contribution in [-0.2, 0) is 7.05 Å². The van der Waals surface area contributed by atoms with E-state index in [2.05, 4.69) is 42.1 Å². The molecule has 18 heavy (non-hydrogen) atoms. The van der Waals surface area contributed by atoms with Crippen molar-refractivity contribution in [3.63, 3.8) is 0 Å². The number of hydrogen-bond donors (Lipinski definition) is 2. The molecule has 0 spiro atoms. The number of aryl methyl sites for hydroxylation is 3. The third-order valence-corrected chi connectivity index (χ3v) is 3.54. The minimum absolute atomic E-state index is 0.669. The smallest absolute Gasteiger partial charge is 0.121 e. The van der Waals surface area contributed by atoms with Crippen LogP contribution in [0.15, 0.2) is 24.3 Å². The molecular formula is C14H16N4. The zero-order valence-corrected chi connectivity index (χ0v) is 10.8. The van der Waals surface area contributed by atoms with E-state index < -0.39 is 0 Å². The number of benzene rings is 1. The number of aromatic nitrogens is 3. The van der Waals surface area contributed by atoms with Crippen LogP contribution in [0.2, 0.25) is 0 Å². The van der Waals surface area contributed by atoms with Crippen LogP contribution >= 0.6 is 0 Å². The largest absolute Gasteiger partial charge is 0.384 e. The molecule has 0 amide bonds. The van der Waals surface area contributed by atoms with E-state index in [1.165, 1.54) is 16.6 Å². The van der Waals surface area contributed by atoms with Crippen molar-refractivity contribution in [2.24, 2.45) is 7.05 Å². The minimum Gasteiger partial charge on any atom is -0.384 e. The summed E-state index contributed by atoms with van der Waals surface area (Å²) < 4.78 is 1.69. The fraction of sp³-hybridized carbons (Fsp3) is 0.214. The molecule has 0 atom stereocenters. The maximum Gasteiger partial charge on any atom is 0.121 e. The molecule has 0 saturated carbocycles. The lowest BCUT2D eigenvalue weighted by atomic mass is 10.1. The van der Waals surface area contributed by atoms with Crippen molar-refractivity contribution in [3.05, 3.63) is 35.5 Å². The second-order valence-corrected chi connectivity index (χ2v) is 4.68. The van der Waals surface area contributed by atoms with Gasteiger partial charge in [0.05, 0.1) is 11.2 Å². The number of nitrogens with two attached hydrogens (primary N) is 1. The molecule has 0 unspecified atom stereocenters. The van der Waals surface area contributed by atoms with Gasteiger partial charge >= 0.3 is 0 Å². The second-order valence-electron chi connectivity index (χ2n) is 4.68. The summed E-state index contributed by atoms with van der Waals surface area (Å²) in [7, 11) is 1.85. The van der Waals surface area contributed by atoms with E-state index in [1.54, 1.807) is 4.68 Å². The van der Waals surface area contributed by atoms with Gasteiger partial charge in [0.1, 0.15) is 5.82 Å². The summed E-state index contributed by atoms with van der Waals surface area (Å²) in [5.41, 5.74) is 11.5. The summed E-state index contributed by atoms with van der Waals surface area (Å²) in [6.45, 7) is 4.22. The number of hydrogen-bond acceptors (Lipinski definition) is 2. The highest BCUT2D eigenvalue weighted by Gasteiger charge is 2.12. The lowest BCUT2D eigenvalue weighted by molar-refractivity contribution is 0.782. The monoisotopic (exact) mass is 240 g/mol. The lowest BCUT2D eigenvalue weighted by Gasteiger charge is -1.99. The van der Waals surface area contributed by atoms with E-state index in [9.17, 15) is 0 Å². The van der Waals surface area contributed by atoms with Crippen LogP contribution in [0.1, 0.15) is 11.3 Å². The molecule has 92 valence electrons. The maximum absolute atomic E-state index is 5.85. The van der Waals surface area contributed by atoms with Crippen LogP contribution in [-0.4, -0.2) is 14.8 Å². The molecular weight excluding hydrogens is 224 g/mol. The van der Waals surface area contributed by atoms with E-state index in [0.717, 1.165) is 16.8 Å². The quantitative estimate of drug-likeness (QED) is 0.687. The molecule has 0 aliphatic carbocycles. The average Bonchev–Trinajstić information content (AvgIpc) is 2.82. The highest BCUT2D eigenvalue weighted by atomic mass is 15.3. The van der Waals surface area contributed by atoms with Crippen molar-refractivity contribution in [1.82, 2.24) is 14.8 Å². The van der Waals surface area contributed by atoms with Crippen LogP contribution in [0.5, 0.6) is 0 Å². The molecule has 4 nitrogen and oxygen atoms in total. The molecule has 0 fully saturated rings. The van der Waals surface area contributed by atoms with Gasteiger partial charge in [0.25, 0.3) is 0 Å². The predicted molar refractivity (Wildman–Crippen MR) is 74.4 cm³/mol.